The van der Waals surface area contributed by atoms with Gasteiger partial charge in [0.05, 0.1) is 25.2 Å². The molecule has 5 heteroatoms. The van der Waals surface area contributed by atoms with Crippen molar-refractivity contribution in [2.24, 2.45) is 5.41 Å². The summed E-state index contributed by atoms with van der Waals surface area (Å²) in [5.41, 5.74) is 2.46. The minimum Gasteiger partial charge on any atom is -0.443 e. The van der Waals surface area contributed by atoms with Crippen LogP contribution in [0.5, 0.6) is 0 Å². The number of rotatable bonds is 4. The van der Waals surface area contributed by atoms with E-state index in [1.807, 2.05) is 25.2 Å². The molecule has 1 aliphatic heterocycles. The maximum Gasteiger partial charge on any atom is 0.181 e. The standard InChI is InChI=1S/C13H16N2O3/c1-14-12(13(5-16)6-17-7-13)9-2-3-10-11(4-9)18-8-15-10/h2-4,8,12,14,16H,5-7H2,1H3. The fourth-order valence-electron chi connectivity index (χ4n) is 2.59. The summed E-state index contributed by atoms with van der Waals surface area (Å²) in [6.45, 7) is 1.25. The third kappa shape index (κ3) is 1.63. The molecule has 2 heterocycles. The molecule has 0 aliphatic carbocycles. The molecule has 1 saturated heterocycles. The lowest BCUT2D eigenvalue weighted by Crippen LogP contribution is -2.53. The third-order valence-electron chi connectivity index (χ3n) is 3.68. The summed E-state index contributed by atoms with van der Waals surface area (Å²) in [5.74, 6) is 0. The van der Waals surface area contributed by atoms with Crippen molar-refractivity contribution >= 4 is 11.1 Å². The highest BCUT2D eigenvalue weighted by Gasteiger charge is 2.45. The number of aliphatic hydroxyl groups excluding tert-OH is 1. The van der Waals surface area contributed by atoms with Crippen molar-refractivity contribution in [3.8, 4) is 0 Å². The molecule has 1 atom stereocenters. The van der Waals surface area contributed by atoms with E-state index in [1.54, 1.807) is 0 Å². The monoisotopic (exact) mass is 248 g/mol. The minimum atomic E-state index is -0.234. The van der Waals surface area contributed by atoms with Crippen LogP contribution in [0.25, 0.3) is 11.1 Å². The highest BCUT2D eigenvalue weighted by atomic mass is 16.5. The normalized spacial score (nSPS) is 19.7. The fraction of sp³-hybridized carbons (Fsp3) is 0.462. The van der Waals surface area contributed by atoms with Gasteiger partial charge in [0.2, 0.25) is 0 Å². The van der Waals surface area contributed by atoms with Crippen LogP contribution in [-0.4, -0.2) is 37.0 Å². The molecular weight excluding hydrogens is 232 g/mol. The fourth-order valence-corrected chi connectivity index (χ4v) is 2.59. The smallest absolute Gasteiger partial charge is 0.181 e. The van der Waals surface area contributed by atoms with E-state index >= 15 is 0 Å². The summed E-state index contributed by atoms with van der Waals surface area (Å²) in [7, 11) is 1.89. The van der Waals surface area contributed by atoms with Crippen molar-refractivity contribution < 1.29 is 14.3 Å². The first kappa shape index (κ1) is 11.6. The van der Waals surface area contributed by atoms with Crippen LogP contribution in [0.3, 0.4) is 0 Å². The molecule has 1 aliphatic rings. The molecule has 0 amide bonds. The second-order valence-corrected chi connectivity index (χ2v) is 4.81. The number of oxazole rings is 1. The second kappa shape index (κ2) is 4.35. The summed E-state index contributed by atoms with van der Waals surface area (Å²) >= 11 is 0. The number of hydrogen-bond acceptors (Lipinski definition) is 5. The molecule has 2 N–H and O–H groups in total. The van der Waals surface area contributed by atoms with Crippen molar-refractivity contribution in [2.45, 2.75) is 6.04 Å². The topological polar surface area (TPSA) is 67.5 Å². The van der Waals surface area contributed by atoms with Crippen LogP contribution in [0.2, 0.25) is 0 Å². The van der Waals surface area contributed by atoms with Crippen LogP contribution >= 0.6 is 0 Å². The van der Waals surface area contributed by atoms with Gasteiger partial charge in [-0.3, -0.25) is 0 Å². The van der Waals surface area contributed by atoms with Gasteiger partial charge in [-0.25, -0.2) is 4.98 Å². The van der Waals surface area contributed by atoms with Gasteiger partial charge in [-0.2, -0.15) is 0 Å². The van der Waals surface area contributed by atoms with Crippen LogP contribution in [0.1, 0.15) is 11.6 Å². The predicted octanol–water partition coefficient (Wildman–Crippen LogP) is 1.10. The summed E-state index contributed by atoms with van der Waals surface area (Å²) in [4.78, 5) is 4.10. The van der Waals surface area contributed by atoms with Gasteiger partial charge in [-0.1, -0.05) is 6.07 Å². The van der Waals surface area contributed by atoms with Gasteiger partial charge in [-0.15, -0.1) is 0 Å². The Balaban J connectivity index is 1.99. The molecule has 5 nitrogen and oxygen atoms in total. The van der Waals surface area contributed by atoms with Gasteiger partial charge in [0, 0.05) is 6.04 Å². The van der Waals surface area contributed by atoms with Crippen molar-refractivity contribution in [3.05, 3.63) is 30.2 Å². The van der Waals surface area contributed by atoms with E-state index in [9.17, 15) is 5.11 Å². The number of fused-ring (bicyclic) bond motifs is 1. The summed E-state index contributed by atoms with van der Waals surface area (Å²) < 4.78 is 10.6. The molecular formula is C13H16N2O3. The molecule has 1 aromatic carbocycles. The Morgan fingerprint density at radius 3 is 2.94 bits per heavy atom. The lowest BCUT2D eigenvalue weighted by Gasteiger charge is -2.46. The van der Waals surface area contributed by atoms with Gasteiger partial charge < -0.3 is 19.6 Å². The lowest BCUT2D eigenvalue weighted by atomic mass is 9.76. The Morgan fingerprint density at radius 1 is 1.50 bits per heavy atom. The molecule has 1 fully saturated rings. The van der Waals surface area contributed by atoms with Crippen LogP contribution in [0.4, 0.5) is 0 Å². The third-order valence-corrected chi connectivity index (χ3v) is 3.68. The quantitative estimate of drug-likeness (QED) is 0.848. The lowest BCUT2D eigenvalue weighted by molar-refractivity contribution is -0.155. The Morgan fingerprint density at radius 2 is 2.33 bits per heavy atom. The molecule has 18 heavy (non-hydrogen) atoms. The van der Waals surface area contributed by atoms with E-state index in [4.69, 9.17) is 9.15 Å². The molecule has 0 saturated carbocycles. The summed E-state index contributed by atoms with van der Waals surface area (Å²) in [5, 5.41) is 12.9. The van der Waals surface area contributed by atoms with E-state index in [1.165, 1.54) is 6.39 Å². The van der Waals surface area contributed by atoms with E-state index in [-0.39, 0.29) is 18.1 Å². The van der Waals surface area contributed by atoms with Gasteiger partial charge in [0.15, 0.2) is 12.0 Å². The average Bonchev–Trinajstić information content (AvgIpc) is 2.80. The number of benzene rings is 1. The van der Waals surface area contributed by atoms with Crippen LogP contribution in [-0.2, 0) is 4.74 Å². The highest BCUT2D eigenvalue weighted by molar-refractivity contribution is 5.73. The van der Waals surface area contributed by atoms with Gasteiger partial charge in [0.25, 0.3) is 0 Å². The molecule has 1 aromatic heterocycles. The number of aromatic nitrogens is 1. The van der Waals surface area contributed by atoms with Gasteiger partial charge >= 0.3 is 0 Å². The van der Waals surface area contributed by atoms with E-state index in [0.29, 0.717) is 13.2 Å². The number of nitrogens with one attached hydrogen (secondary N) is 1. The Kier molecular flexibility index (Phi) is 2.81. The maximum absolute atomic E-state index is 9.62. The zero-order valence-electron chi connectivity index (χ0n) is 10.2. The molecule has 0 radical (unpaired) electrons. The largest absolute Gasteiger partial charge is 0.443 e. The Bertz CT molecular complexity index is 542. The second-order valence-electron chi connectivity index (χ2n) is 4.81. The van der Waals surface area contributed by atoms with Crippen molar-refractivity contribution in [1.82, 2.24) is 10.3 Å². The molecule has 0 spiro atoms. The van der Waals surface area contributed by atoms with Gasteiger partial charge in [-0.05, 0) is 24.7 Å². The maximum atomic E-state index is 9.62. The van der Waals surface area contributed by atoms with E-state index in [0.717, 1.165) is 16.7 Å². The number of ether oxygens (including phenoxy) is 1. The van der Waals surface area contributed by atoms with Crippen LogP contribution in [0.15, 0.2) is 29.0 Å². The van der Waals surface area contributed by atoms with Crippen LogP contribution in [0, 0.1) is 5.41 Å². The molecule has 96 valence electrons. The van der Waals surface area contributed by atoms with Gasteiger partial charge in [0.1, 0.15) is 5.52 Å². The SMILES string of the molecule is CNC(c1ccc2ncoc2c1)C1(CO)COC1. The zero-order valence-corrected chi connectivity index (χ0v) is 10.2. The first-order chi connectivity index (χ1) is 8.79. The first-order valence-electron chi connectivity index (χ1n) is 5.98. The first-order valence-corrected chi connectivity index (χ1v) is 5.98. The average molecular weight is 248 g/mol. The van der Waals surface area contributed by atoms with Crippen LogP contribution < -0.4 is 5.32 Å². The van der Waals surface area contributed by atoms with Crippen molar-refractivity contribution in [2.75, 3.05) is 26.9 Å². The Labute approximate surface area is 105 Å². The zero-order chi connectivity index (χ0) is 12.6. The summed E-state index contributed by atoms with van der Waals surface area (Å²) in [6, 6.07) is 5.97. The number of aliphatic hydroxyl groups is 1. The molecule has 0 bridgehead atoms. The molecule has 3 rings (SSSR count). The van der Waals surface area contributed by atoms with Crippen molar-refractivity contribution in [1.29, 1.82) is 0 Å². The van der Waals surface area contributed by atoms with E-state index in [2.05, 4.69) is 10.3 Å². The minimum absolute atomic E-state index is 0.0470. The predicted molar refractivity (Wildman–Crippen MR) is 66.1 cm³/mol. The van der Waals surface area contributed by atoms with Crippen molar-refractivity contribution in [3.63, 3.8) is 0 Å². The van der Waals surface area contributed by atoms with E-state index < -0.39 is 0 Å². The molecule has 1 unspecified atom stereocenters. The highest BCUT2D eigenvalue weighted by Crippen LogP contribution is 2.40. The Hall–Kier alpha value is -1.43. The summed E-state index contributed by atoms with van der Waals surface area (Å²) in [6.07, 6.45) is 1.44. The number of nitrogens with zero attached hydrogens (tertiary/aromatic N) is 1. The molecule has 2 aromatic rings. The number of hydrogen-bond donors (Lipinski definition) is 2.